The standard InChI is InChI=1S/C45H52FN9O4/c1-28-40-35(8-4-9-36(40)55(50-28)37-10-11-38(56)49-43(37)58)52-23-17-45(18-24-52)15-12-29(13-16-45)31-25-32(41(46)42-33(31)26-34(48-42)44(59)51(2)3)30-7-5-20-53(27-30)39(57)14-22-54-21-6-19-47-54/h4,6-9,19,21,25-26,29,37,48H,5,10-18,20,22-24,27H2,1-3H3,(H,49,56,58). The smallest absolute Gasteiger partial charge is 0.269 e. The van der Waals surface area contributed by atoms with Gasteiger partial charge in [-0.25, -0.2) is 4.39 Å². The van der Waals surface area contributed by atoms with Crippen LogP contribution < -0.4 is 10.2 Å². The van der Waals surface area contributed by atoms with Gasteiger partial charge in [0.1, 0.15) is 11.7 Å². The van der Waals surface area contributed by atoms with Crippen molar-refractivity contribution in [2.45, 2.75) is 89.6 Å². The summed E-state index contributed by atoms with van der Waals surface area (Å²) >= 11 is 0. The summed E-state index contributed by atoms with van der Waals surface area (Å²) in [5.41, 5.74) is 6.21. The summed E-state index contributed by atoms with van der Waals surface area (Å²) in [6, 6.07) is 11.4. The summed E-state index contributed by atoms with van der Waals surface area (Å²) in [6.07, 6.45) is 13.5. The normalized spacial score (nSPS) is 20.1. The van der Waals surface area contributed by atoms with Gasteiger partial charge in [-0.15, -0.1) is 0 Å². The van der Waals surface area contributed by atoms with Crippen LogP contribution >= 0.6 is 0 Å². The van der Waals surface area contributed by atoms with E-state index in [2.05, 4.69) is 32.4 Å². The van der Waals surface area contributed by atoms with Crippen LogP contribution in [-0.2, 0) is 20.9 Å². The number of halogens is 1. The lowest BCUT2D eigenvalue weighted by Crippen LogP contribution is -2.42. The van der Waals surface area contributed by atoms with Gasteiger partial charge in [-0.1, -0.05) is 12.1 Å². The molecule has 4 amide bonds. The number of piperidine rings is 2. The lowest BCUT2D eigenvalue weighted by Gasteiger charge is -2.47. The molecule has 59 heavy (non-hydrogen) atoms. The first-order chi connectivity index (χ1) is 28.5. The highest BCUT2D eigenvalue weighted by Crippen LogP contribution is 2.51. The molecule has 2 aromatic carbocycles. The molecule has 13 nitrogen and oxygen atoms in total. The third kappa shape index (κ3) is 7.20. The molecule has 3 fully saturated rings. The van der Waals surface area contributed by atoms with E-state index >= 15 is 4.39 Å². The average Bonchev–Trinajstić information content (AvgIpc) is 4.01. The van der Waals surface area contributed by atoms with E-state index in [0.29, 0.717) is 62.1 Å². The van der Waals surface area contributed by atoms with Gasteiger partial charge in [0.2, 0.25) is 11.8 Å². The van der Waals surface area contributed by atoms with Crippen molar-refractivity contribution >= 4 is 56.7 Å². The molecule has 1 spiro atoms. The van der Waals surface area contributed by atoms with Gasteiger partial charge in [-0.3, -0.25) is 33.9 Å². The second kappa shape index (κ2) is 15.4. The molecule has 3 aliphatic heterocycles. The van der Waals surface area contributed by atoms with Gasteiger partial charge in [-0.2, -0.15) is 10.2 Å². The number of anilines is 1. The Bertz CT molecular complexity index is 2480. The van der Waals surface area contributed by atoms with Crippen molar-refractivity contribution in [3.05, 3.63) is 83.2 Å². The minimum atomic E-state index is -0.509. The fraction of sp³-hybridized carbons (Fsp3) is 0.467. The lowest BCUT2D eigenvalue weighted by molar-refractivity contribution is -0.136. The Kier molecular flexibility index (Phi) is 10.1. The molecule has 0 bridgehead atoms. The number of nitrogens with one attached hydrogen (secondary N) is 2. The predicted octanol–water partition coefficient (Wildman–Crippen LogP) is 6.49. The van der Waals surface area contributed by atoms with E-state index in [-0.39, 0.29) is 40.8 Å². The van der Waals surface area contributed by atoms with E-state index < -0.39 is 6.04 Å². The van der Waals surface area contributed by atoms with Crippen LogP contribution in [0, 0.1) is 18.2 Å². The minimum absolute atomic E-state index is 0.0179. The van der Waals surface area contributed by atoms with E-state index in [1.54, 1.807) is 29.7 Å². The molecule has 0 radical (unpaired) electrons. The van der Waals surface area contributed by atoms with Crippen LogP contribution in [0.5, 0.6) is 0 Å². The van der Waals surface area contributed by atoms with Crippen molar-refractivity contribution in [1.82, 2.24) is 39.7 Å². The van der Waals surface area contributed by atoms with Gasteiger partial charge < -0.3 is 19.7 Å². The number of aromatic amines is 1. The number of H-pyrrole nitrogens is 1. The summed E-state index contributed by atoms with van der Waals surface area (Å²) in [4.78, 5) is 60.0. The molecule has 3 aromatic heterocycles. The molecule has 4 aliphatic rings. The zero-order valence-electron chi connectivity index (χ0n) is 34.1. The van der Waals surface area contributed by atoms with E-state index in [0.717, 1.165) is 90.4 Å². The Morgan fingerprint density at radius 3 is 2.54 bits per heavy atom. The maximum atomic E-state index is 16.7. The molecule has 1 unspecified atom stereocenters. The number of amides is 4. The molecule has 308 valence electrons. The molecule has 1 saturated carbocycles. The molecule has 1 aliphatic carbocycles. The van der Waals surface area contributed by atoms with Crippen molar-refractivity contribution in [2.24, 2.45) is 5.41 Å². The fourth-order valence-corrected chi connectivity index (χ4v) is 10.2. The zero-order chi connectivity index (χ0) is 41.0. The van der Waals surface area contributed by atoms with Gasteiger partial charge in [-0.05, 0) is 111 Å². The number of fused-ring (bicyclic) bond motifs is 2. The van der Waals surface area contributed by atoms with Crippen molar-refractivity contribution in [2.75, 3.05) is 45.2 Å². The van der Waals surface area contributed by atoms with Crippen molar-refractivity contribution in [1.29, 1.82) is 0 Å². The quantitative estimate of drug-likeness (QED) is 0.171. The van der Waals surface area contributed by atoms with Crippen LogP contribution in [-0.4, -0.2) is 98.2 Å². The number of nitrogens with zero attached hydrogens (tertiary/aromatic N) is 7. The highest BCUT2D eigenvalue weighted by atomic mass is 19.1. The predicted molar refractivity (Wildman–Crippen MR) is 223 cm³/mol. The molecule has 9 rings (SSSR count). The highest BCUT2D eigenvalue weighted by molar-refractivity contribution is 6.02. The molecule has 2 N–H and O–H groups in total. The number of benzene rings is 2. The first-order valence-corrected chi connectivity index (χ1v) is 21.1. The van der Waals surface area contributed by atoms with Crippen molar-refractivity contribution in [3.63, 3.8) is 0 Å². The number of aryl methyl sites for hydroxylation is 2. The number of carbonyl (C=O) groups is 4. The fourth-order valence-electron chi connectivity index (χ4n) is 10.2. The Morgan fingerprint density at radius 2 is 1.81 bits per heavy atom. The average molecular weight is 802 g/mol. The summed E-state index contributed by atoms with van der Waals surface area (Å²) < 4.78 is 20.3. The van der Waals surface area contributed by atoms with Crippen LogP contribution in [0.1, 0.15) is 103 Å². The molecular weight excluding hydrogens is 750 g/mol. The first-order valence-electron chi connectivity index (χ1n) is 21.1. The number of hydrogen-bond acceptors (Lipinski definition) is 7. The Labute approximate surface area is 342 Å². The van der Waals surface area contributed by atoms with E-state index in [1.165, 1.54) is 4.90 Å². The zero-order valence-corrected chi connectivity index (χ0v) is 34.1. The largest absolute Gasteiger partial charge is 0.371 e. The number of aromatic nitrogens is 5. The van der Waals surface area contributed by atoms with Gasteiger partial charge in [0.05, 0.1) is 16.7 Å². The molecule has 6 heterocycles. The molecular formula is C45H52FN9O4. The van der Waals surface area contributed by atoms with Crippen LogP contribution in [0.2, 0.25) is 0 Å². The Morgan fingerprint density at radius 1 is 1.02 bits per heavy atom. The van der Waals surface area contributed by atoms with E-state index in [4.69, 9.17) is 5.10 Å². The van der Waals surface area contributed by atoms with Gasteiger partial charge in [0.25, 0.3) is 11.8 Å². The summed E-state index contributed by atoms with van der Waals surface area (Å²) in [7, 11) is 3.40. The number of rotatable bonds is 8. The third-order valence-electron chi connectivity index (χ3n) is 13.5. The minimum Gasteiger partial charge on any atom is -0.371 e. The van der Waals surface area contributed by atoms with Crippen molar-refractivity contribution in [3.8, 4) is 0 Å². The van der Waals surface area contributed by atoms with Crippen molar-refractivity contribution < 1.29 is 23.6 Å². The SMILES string of the molecule is Cc1nn(C2CCC(=O)NC2=O)c2cccc(N3CCC4(CCC(c5cc(C6=CCCN(C(=O)CCn7cccn7)C6)c(F)c6[nH]c(C(=O)N(C)C)cc56)CC4)CC3)c12. The molecule has 14 heteroatoms. The highest BCUT2D eigenvalue weighted by Gasteiger charge is 2.40. The van der Waals surface area contributed by atoms with E-state index in [1.807, 2.05) is 48.4 Å². The van der Waals surface area contributed by atoms with Gasteiger partial charge in [0, 0.05) is 94.1 Å². The lowest BCUT2D eigenvalue weighted by atomic mass is 9.64. The monoisotopic (exact) mass is 801 g/mol. The second-order valence-electron chi connectivity index (χ2n) is 17.3. The topological polar surface area (TPSA) is 141 Å². The van der Waals surface area contributed by atoms with Crippen LogP contribution in [0.15, 0.2) is 54.9 Å². The first kappa shape index (κ1) is 38.7. The second-order valence-corrected chi connectivity index (χ2v) is 17.3. The van der Waals surface area contributed by atoms with Gasteiger partial charge in [0.15, 0.2) is 5.82 Å². The van der Waals surface area contributed by atoms with E-state index in [9.17, 15) is 19.2 Å². The van der Waals surface area contributed by atoms with Gasteiger partial charge >= 0.3 is 0 Å². The number of carbonyl (C=O) groups excluding carboxylic acids is 4. The Balaban J connectivity index is 0.932. The molecule has 1 atom stereocenters. The van der Waals surface area contributed by atoms with Crippen LogP contribution in [0.4, 0.5) is 10.1 Å². The Hall–Kier alpha value is -5.79. The van der Waals surface area contributed by atoms with Crippen LogP contribution in [0.25, 0.3) is 27.4 Å². The number of imide groups is 1. The number of hydrogen-bond donors (Lipinski definition) is 2. The summed E-state index contributed by atoms with van der Waals surface area (Å²) in [6.45, 7) is 5.23. The third-order valence-corrected chi connectivity index (χ3v) is 13.5. The summed E-state index contributed by atoms with van der Waals surface area (Å²) in [5.74, 6) is -0.911. The molecule has 5 aromatic rings. The van der Waals surface area contributed by atoms with Crippen LogP contribution in [0.3, 0.4) is 0 Å². The summed E-state index contributed by atoms with van der Waals surface area (Å²) in [5, 5.41) is 13.3. The maximum Gasteiger partial charge on any atom is 0.269 e. The molecule has 2 saturated heterocycles. The maximum absolute atomic E-state index is 16.7.